The van der Waals surface area contributed by atoms with Crippen LogP contribution in [-0.2, 0) is 25.5 Å². The van der Waals surface area contributed by atoms with Crippen LogP contribution in [-0.4, -0.2) is 93.1 Å². The number of ether oxygens (including phenoxy) is 3. The number of rotatable bonds is 12. The number of amides is 4. The highest BCUT2D eigenvalue weighted by Gasteiger charge is 2.43. The molecule has 4 aliphatic heterocycles. The largest absolute Gasteiger partial charge is 0.466 e. The lowest BCUT2D eigenvalue weighted by Gasteiger charge is -2.41. The second-order valence-corrected chi connectivity index (χ2v) is 18.5. The standard InChI is InChI=1S/C50H59N9O7/c1-28(2)22-35(55-49(62)64-5)46(60)57-20-10-14-39(57)44-52-27-37(54-44)32-16-18-34-41-24-33-23-31(17-19-38(33)59(41)48(66-42(34)25-32)30-12-8-7-9-13-30)36-26-51-45(53-36)40-15-11-21-58(40)47(61)43(29(3)4)56-50(63)65-6/h7-9,12-13,16-19,23,25-29,35,39-41,43,48H,10-11,14-15,20-22,24H2,1-6H3,(H,51,53)(H,52,54)(H,55,62)(H,56,63)/t35-,39-,40-,41?,43-,48?/m0/s1. The van der Waals surface area contributed by atoms with Gasteiger partial charge in [0, 0.05) is 35.5 Å². The van der Waals surface area contributed by atoms with Gasteiger partial charge in [0.2, 0.25) is 11.8 Å². The van der Waals surface area contributed by atoms with Gasteiger partial charge >= 0.3 is 12.2 Å². The Bertz CT molecular complexity index is 2590. The number of likely N-dealkylation sites (tertiary alicyclic amines) is 2. The number of fused-ring (bicyclic) bond motifs is 5. The topological polar surface area (TPSA) is 187 Å². The van der Waals surface area contributed by atoms with Gasteiger partial charge in [0.05, 0.1) is 56.1 Å². The van der Waals surface area contributed by atoms with Crippen LogP contribution in [0.15, 0.2) is 79.1 Å². The normalized spacial score (nSPS) is 20.6. The summed E-state index contributed by atoms with van der Waals surface area (Å²) >= 11 is 0. The lowest BCUT2D eigenvalue weighted by Crippen LogP contribution is -2.51. The number of nitrogens with one attached hydrogen (secondary N) is 4. The Kier molecular flexibility index (Phi) is 12.5. The average Bonchev–Trinajstić information content (AvgIpc) is 4.18. The van der Waals surface area contributed by atoms with Gasteiger partial charge in [-0.25, -0.2) is 19.6 Å². The molecule has 2 fully saturated rings. The van der Waals surface area contributed by atoms with E-state index in [1.54, 1.807) is 0 Å². The summed E-state index contributed by atoms with van der Waals surface area (Å²) in [6, 6.07) is 21.3. The molecule has 4 N–H and O–H groups in total. The molecule has 2 aromatic heterocycles. The molecule has 0 aliphatic carbocycles. The van der Waals surface area contributed by atoms with E-state index in [0.29, 0.717) is 25.3 Å². The lowest BCUT2D eigenvalue weighted by atomic mass is 9.96. The van der Waals surface area contributed by atoms with Crippen molar-refractivity contribution in [3.05, 3.63) is 107 Å². The van der Waals surface area contributed by atoms with Crippen LogP contribution in [0.5, 0.6) is 5.75 Å². The minimum absolute atomic E-state index is 0.00826. The summed E-state index contributed by atoms with van der Waals surface area (Å²) in [5.74, 6) is 2.01. The van der Waals surface area contributed by atoms with Gasteiger partial charge in [-0.2, -0.15) is 0 Å². The van der Waals surface area contributed by atoms with Crippen LogP contribution >= 0.6 is 0 Å². The molecule has 2 unspecified atom stereocenters. The van der Waals surface area contributed by atoms with Gasteiger partial charge in [0.1, 0.15) is 29.5 Å². The van der Waals surface area contributed by atoms with Crippen molar-refractivity contribution in [1.82, 2.24) is 40.4 Å². The van der Waals surface area contributed by atoms with Gasteiger partial charge in [-0.1, -0.05) is 76.2 Å². The number of nitrogens with zero attached hydrogens (tertiary/aromatic N) is 5. The number of aromatic amines is 2. The van der Waals surface area contributed by atoms with Gasteiger partial charge in [-0.15, -0.1) is 0 Å². The fourth-order valence-electron chi connectivity index (χ4n) is 10.2. The fraction of sp³-hybridized carbons (Fsp3) is 0.440. The number of anilines is 1. The predicted molar refractivity (Wildman–Crippen MR) is 247 cm³/mol. The van der Waals surface area contributed by atoms with E-state index in [1.165, 1.54) is 19.8 Å². The number of imidazole rings is 2. The maximum Gasteiger partial charge on any atom is 0.407 e. The Morgan fingerprint density at radius 2 is 1.36 bits per heavy atom. The van der Waals surface area contributed by atoms with E-state index < -0.39 is 24.3 Å². The van der Waals surface area contributed by atoms with E-state index in [1.807, 2.05) is 68.1 Å². The fourth-order valence-corrected chi connectivity index (χ4v) is 10.2. The van der Waals surface area contributed by atoms with Crippen molar-refractivity contribution in [2.24, 2.45) is 11.8 Å². The zero-order valence-corrected chi connectivity index (χ0v) is 38.4. The van der Waals surface area contributed by atoms with Crippen molar-refractivity contribution in [1.29, 1.82) is 0 Å². The van der Waals surface area contributed by atoms with Crippen LogP contribution in [0.1, 0.15) is 112 Å². The molecular weight excluding hydrogens is 839 g/mol. The average molecular weight is 898 g/mol. The number of hydrogen-bond donors (Lipinski definition) is 4. The molecule has 9 rings (SSSR count). The van der Waals surface area contributed by atoms with Crippen molar-refractivity contribution in [3.8, 4) is 28.3 Å². The Balaban J connectivity index is 0.962. The Labute approximate surface area is 384 Å². The Morgan fingerprint density at radius 3 is 1.98 bits per heavy atom. The molecule has 5 aromatic rings. The van der Waals surface area contributed by atoms with Crippen molar-refractivity contribution >= 4 is 29.7 Å². The zero-order valence-electron chi connectivity index (χ0n) is 38.4. The van der Waals surface area contributed by atoms with E-state index in [0.717, 1.165) is 83.0 Å². The summed E-state index contributed by atoms with van der Waals surface area (Å²) in [6.45, 7) is 9.03. The smallest absolute Gasteiger partial charge is 0.407 e. The summed E-state index contributed by atoms with van der Waals surface area (Å²) in [4.78, 5) is 74.7. The van der Waals surface area contributed by atoms with E-state index in [4.69, 9.17) is 24.2 Å². The monoisotopic (exact) mass is 897 g/mol. The number of alkyl carbamates (subject to hydrolysis) is 2. The van der Waals surface area contributed by atoms with Crippen molar-refractivity contribution in [2.75, 3.05) is 32.2 Å². The summed E-state index contributed by atoms with van der Waals surface area (Å²) in [7, 11) is 2.60. The molecular formula is C50H59N9O7. The van der Waals surface area contributed by atoms with E-state index in [9.17, 15) is 19.2 Å². The molecule has 66 heavy (non-hydrogen) atoms. The van der Waals surface area contributed by atoms with Gasteiger partial charge in [-0.05, 0) is 79.7 Å². The van der Waals surface area contributed by atoms with Crippen LogP contribution in [0, 0.1) is 11.8 Å². The molecule has 346 valence electrons. The lowest BCUT2D eigenvalue weighted by molar-refractivity contribution is -0.136. The first kappa shape index (κ1) is 44.4. The molecule has 2 saturated heterocycles. The molecule has 4 amide bonds. The van der Waals surface area contributed by atoms with Crippen LogP contribution in [0.25, 0.3) is 22.5 Å². The minimum atomic E-state index is -0.708. The van der Waals surface area contributed by atoms with Gasteiger partial charge < -0.3 is 49.5 Å². The third kappa shape index (κ3) is 8.56. The predicted octanol–water partition coefficient (Wildman–Crippen LogP) is 8.14. The number of methoxy groups -OCH3 is 2. The number of carbonyl (C=O) groups is 4. The summed E-state index contributed by atoms with van der Waals surface area (Å²) in [5.41, 5.74) is 8.01. The second-order valence-electron chi connectivity index (χ2n) is 18.5. The summed E-state index contributed by atoms with van der Waals surface area (Å²) in [6.07, 6.45) is 6.48. The molecule has 0 spiro atoms. The van der Waals surface area contributed by atoms with E-state index >= 15 is 0 Å². The van der Waals surface area contributed by atoms with Crippen molar-refractivity contribution in [3.63, 3.8) is 0 Å². The van der Waals surface area contributed by atoms with Crippen molar-refractivity contribution in [2.45, 2.75) is 103 Å². The van der Waals surface area contributed by atoms with Gasteiger partial charge in [0.25, 0.3) is 0 Å². The number of benzene rings is 3. The third-order valence-electron chi connectivity index (χ3n) is 13.4. The van der Waals surface area contributed by atoms with Crippen LogP contribution in [0.4, 0.5) is 15.3 Å². The number of carbonyl (C=O) groups excluding carboxylic acids is 4. The highest BCUT2D eigenvalue weighted by Crippen LogP contribution is 2.53. The molecule has 6 atom stereocenters. The first-order valence-corrected chi connectivity index (χ1v) is 23.1. The summed E-state index contributed by atoms with van der Waals surface area (Å²) in [5, 5.41) is 5.48. The molecule has 0 bridgehead atoms. The van der Waals surface area contributed by atoms with E-state index in [-0.39, 0.29) is 48.0 Å². The molecule has 0 saturated carbocycles. The molecule has 0 radical (unpaired) electrons. The molecule has 3 aromatic carbocycles. The van der Waals surface area contributed by atoms with Crippen LogP contribution in [0.2, 0.25) is 0 Å². The van der Waals surface area contributed by atoms with Crippen molar-refractivity contribution < 1.29 is 33.4 Å². The maximum absolute atomic E-state index is 13.9. The Hall–Kier alpha value is -6.84. The SMILES string of the molecule is COC(=O)N[C@@H](CC(C)C)C(=O)N1CCC[C@H]1c1ncc(-c2ccc3c(c2)OC(c2ccccc2)N2c4ccc(-c5cnc([C@@H]6CCCN6C(=O)[C@@H](NC(=O)OC)C(C)C)[nH]5)cc4CC32)[nH]1. The first-order chi connectivity index (χ1) is 31.9. The van der Waals surface area contributed by atoms with Crippen LogP contribution in [0.3, 0.4) is 0 Å². The number of H-pyrrole nitrogens is 2. The second kappa shape index (κ2) is 18.6. The van der Waals surface area contributed by atoms with Crippen LogP contribution < -0.4 is 20.3 Å². The number of hydrogen-bond acceptors (Lipinski definition) is 10. The summed E-state index contributed by atoms with van der Waals surface area (Å²) < 4.78 is 16.6. The zero-order chi connectivity index (χ0) is 46.2. The molecule has 4 aliphatic rings. The molecule has 6 heterocycles. The van der Waals surface area contributed by atoms with E-state index in [2.05, 4.69) is 74.0 Å². The highest BCUT2D eigenvalue weighted by molar-refractivity contribution is 5.87. The third-order valence-corrected chi connectivity index (χ3v) is 13.4. The van der Waals surface area contributed by atoms with Gasteiger partial charge in [-0.3, -0.25) is 9.59 Å². The molecule has 16 heteroatoms. The maximum atomic E-state index is 13.9. The minimum Gasteiger partial charge on any atom is -0.466 e. The highest BCUT2D eigenvalue weighted by atomic mass is 16.5. The molecule has 16 nitrogen and oxygen atoms in total. The first-order valence-electron chi connectivity index (χ1n) is 23.1. The number of aromatic nitrogens is 4. The Morgan fingerprint density at radius 1 is 0.758 bits per heavy atom. The van der Waals surface area contributed by atoms with Gasteiger partial charge in [0.15, 0.2) is 6.23 Å². The quantitative estimate of drug-likeness (QED) is 0.0953.